The Kier molecular flexibility index (Phi) is 4.79. The first-order chi connectivity index (χ1) is 11.9. The van der Waals surface area contributed by atoms with Crippen LogP contribution in [0.1, 0.15) is 10.4 Å². The van der Waals surface area contributed by atoms with E-state index in [0.29, 0.717) is 21.6 Å². The molecule has 0 aliphatic rings. The van der Waals surface area contributed by atoms with Crippen LogP contribution >= 0.6 is 23.2 Å². The maximum atomic E-state index is 13.0. The molecule has 25 heavy (non-hydrogen) atoms. The molecular formula is C18H15Cl2FN3O+. The summed E-state index contributed by atoms with van der Waals surface area (Å²) in [6.45, 7) is 0.0482. The van der Waals surface area contributed by atoms with Crippen molar-refractivity contribution in [3.8, 4) is 11.3 Å². The van der Waals surface area contributed by atoms with E-state index < -0.39 is 0 Å². The maximum absolute atomic E-state index is 13.0. The van der Waals surface area contributed by atoms with Gasteiger partial charge in [-0.2, -0.15) is 0 Å². The number of ketones is 1. The largest absolute Gasteiger partial charge is 0.355 e. The molecule has 1 heterocycles. The molecule has 2 aromatic carbocycles. The van der Waals surface area contributed by atoms with Crippen LogP contribution < -0.4 is 10.3 Å². The number of halogens is 3. The highest BCUT2D eigenvalue weighted by Crippen LogP contribution is 2.28. The molecule has 0 atom stereocenters. The number of nitrogens with two attached hydrogens (primary N) is 1. The number of anilines is 1. The Bertz CT molecular complexity index is 952. The van der Waals surface area contributed by atoms with Gasteiger partial charge in [0.1, 0.15) is 24.3 Å². The van der Waals surface area contributed by atoms with Crippen molar-refractivity contribution in [3.63, 3.8) is 0 Å². The molecule has 1 aromatic heterocycles. The molecule has 0 saturated heterocycles. The Morgan fingerprint density at radius 3 is 2.48 bits per heavy atom. The molecule has 0 aliphatic heterocycles. The lowest BCUT2D eigenvalue weighted by atomic mass is 10.1. The summed E-state index contributed by atoms with van der Waals surface area (Å²) in [4.78, 5) is 12.4. The number of imidazole rings is 1. The average Bonchev–Trinajstić information content (AvgIpc) is 2.86. The number of carbonyl (C=O) groups excluding carboxylic acids is 1. The predicted molar refractivity (Wildman–Crippen MR) is 96.2 cm³/mol. The molecule has 3 rings (SSSR count). The lowest BCUT2D eigenvalue weighted by Gasteiger charge is -2.01. The van der Waals surface area contributed by atoms with Crippen LogP contribution in [0.4, 0.5) is 10.3 Å². The monoisotopic (exact) mass is 378 g/mol. The fraction of sp³-hybridized carbons (Fsp3) is 0.111. The van der Waals surface area contributed by atoms with Crippen molar-refractivity contribution < 1.29 is 13.8 Å². The SMILES string of the molecule is Cn1c(-c2ccc(Cl)c(Cl)c2)c[n+](CC(=O)c2ccc(F)cc2)c1N. The molecule has 128 valence electrons. The minimum Gasteiger partial charge on any atom is -0.291 e. The Morgan fingerprint density at radius 1 is 1.16 bits per heavy atom. The zero-order valence-electron chi connectivity index (χ0n) is 13.3. The van der Waals surface area contributed by atoms with E-state index in [4.69, 9.17) is 28.9 Å². The summed E-state index contributed by atoms with van der Waals surface area (Å²) in [6.07, 6.45) is 1.77. The Labute approximate surface area is 154 Å². The number of benzene rings is 2. The molecule has 0 radical (unpaired) electrons. The standard InChI is InChI=1S/C18H14Cl2FN3O/c1-23-16(12-4-7-14(19)15(20)8-12)9-24(18(23)22)10-17(25)11-2-5-13(21)6-3-11/h2-9,22H,10H2,1H3/p+1. The smallest absolute Gasteiger partial charge is 0.291 e. The molecule has 0 unspecified atom stereocenters. The van der Waals surface area contributed by atoms with E-state index in [2.05, 4.69) is 0 Å². The number of carbonyl (C=O) groups is 1. The summed E-state index contributed by atoms with van der Waals surface area (Å²) in [6, 6.07) is 10.7. The number of hydrogen-bond acceptors (Lipinski definition) is 2. The van der Waals surface area contributed by atoms with E-state index in [1.165, 1.54) is 24.3 Å². The van der Waals surface area contributed by atoms with Crippen LogP contribution in [0, 0.1) is 5.82 Å². The molecule has 0 fully saturated rings. The second kappa shape index (κ2) is 6.86. The fourth-order valence-corrected chi connectivity index (χ4v) is 2.85. The molecule has 0 spiro atoms. The van der Waals surface area contributed by atoms with Crippen molar-refractivity contribution in [1.82, 2.24) is 4.57 Å². The molecule has 4 nitrogen and oxygen atoms in total. The zero-order valence-corrected chi connectivity index (χ0v) is 14.9. The van der Waals surface area contributed by atoms with Gasteiger partial charge >= 0.3 is 5.95 Å². The van der Waals surface area contributed by atoms with Gasteiger partial charge in [0.25, 0.3) is 0 Å². The summed E-state index contributed by atoms with van der Waals surface area (Å²) in [7, 11) is 1.80. The highest BCUT2D eigenvalue weighted by molar-refractivity contribution is 6.42. The number of aromatic nitrogens is 2. The van der Waals surface area contributed by atoms with Gasteiger partial charge in [-0.1, -0.05) is 23.2 Å². The molecule has 3 aromatic rings. The minimum absolute atomic E-state index is 0.0482. The third-order valence-corrected chi connectivity index (χ3v) is 4.71. The second-order valence-electron chi connectivity index (χ2n) is 5.62. The zero-order chi connectivity index (χ0) is 18.1. The fourth-order valence-electron chi connectivity index (χ4n) is 2.55. The van der Waals surface area contributed by atoms with Gasteiger partial charge in [0, 0.05) is 11.1 Å². The van der Waals surface area contributed by atoms with Crippen LogP contribution in [0.3, 0.4) is 0 Å². The average molecular weight is 379 g/mol. The third-order valence-electron chi connectivity index (χ3n) is 3.97. The van der Waals surface area contributed by atoms with Crippen LogP contribution in [0.25, 0.3) is 11.3 Å². The first kappa shape index (κ1) is 17.5. The molecule has 0 amide bonds. The normalized spacial score (nSPS) is 10.9. The summed E-state index contributed by atoms with van der Waals surface area (Å²) < 4.78 is 16.4. The molecular weight excluding hydrogens is 364 g/mol. The van der Waals surface area contributed by atoms with Crippen LogP contribution in [0.5, 0.6) is 0 Å². The first-order valence-electron chi connectivity index (χ1n) is 7.45. The lowest BCUT2D eigenvalue weighted by Crippen LogP contribution is -2.39. The number of rotatable bonds is 4. The Hall–Kier alpha value is -2.37. The Balaban J connectivity index is 1.92. The number of Topliss-reactive ketones (excluding diaryl/α,β-unsaturated/α-hetero) is 1. The van der Waals surface area contributed by atoms with Crippen molar-refractivity contribution in [2.45, 2.75) is 6.54 Å². The maximum Gasteiger partial charge on any atom is 0.355 e. The van der Waals surface area contributed by atoms with Gasteiger partial charge in [-0.05, 0) is 42.5 Å². The van der Waals surface area contributed by atoms with Crippen LogP contribution in [0.15, 0.2) is 48.7 Å². The van der Waals surface area contributed by atoms with E-state index in [0.717, 1.165) is 11.3 Å². The van der Waals surface area contributed by atoms with Crippen molar-refractivity contribution in [2.24, 2.45) is 7.05 Å². The third kappa shape index (κ3) is 3.52. The number of nitrogens with zero attached hydrogens (tertiary/aromatic N) is 2. The van der Waals surface area contributed by atoms with Gasteiger partial charge in [-0.15, -0.1) is 0 Å². The summed E-state index contributed by atoms with van der Waals surface area (Å²) in [5.41, 5.74) is 8.16. The van der Waals surface area contributed by atoms with Crippen molar-refractivity contribution >= 4 is 34.9 Å². The van der Waals surface area contributed by atoms with E-state index in [-0.39, 0.29) is 18.1 Å². The van der Waals surface area contributed by atoms with Gasteiger partial charge in [0.15, 0.2) is 5.78 Å². The van der Waals surface area contributed by atoms with Crippen molar-refractivity contribution in [1.29, 1.82) is 0 Å². The summed E-state index contributed by atoms with van der Waals surface area (Å²) in [5.74, 6) is -0.134. The van der Waals surface area contributed by atoms with E-state index >= 15 is 0 Å². The summed E-state index contributed by atoms with van der Waals surface area (Å²) in [5, 5.41) is 0.903. The molecule has 0 bridgehead atoms. The quantitative estimate of drug-likeness (QED) is 0.552. The highest BCUT2D eigenvalue weighted by Gasteiger charge is 2.20. The molecule has 0 saturated carbocycles. The van der Waals surface area contributed by atoms with E-state index in [1.807, 2.05) is 6.07 Å². The number of hydrogen-bond donors (Lipinski definition) is 1. The van der Waals surface area contributed by atoms with Gasteiger partial charge < -0.3 is 0 Å². The lowest BCUT2D eigenvalue weighted by molar-refractivity contribution is -0.667. The molecule has 2 N–H and O–H groups in total. The van der Waals surface area contributed by atoms with Crippen LogP contribution in [-0.4, -0.2) is 10.4 Å². The van der Waals surface area contributed by atoms with Gasteiger partial charge in [0.2, 0.25) is 0 Å². The molecule has 7 heteroatoms. The highest BCUT2D eigenvalue weighted by atomic mass is 35.5. The Morgan fingerprint density at radius 2 is 1.84 bits per heavy atom. The van der Waals surface area contributed by atoms with Crippen LogP contribution in [-0.2, 0) is 13.6 Å². The molecule has 0 aliphatic carbocycles. The predicted octanol–water partition coefficient (Wildman–Crippen LogP) is 3.89. The van der Waals surface area contributed by atoms with Gasteiger partial charge in [-0.25, -0.2) is 13.5 Å². The van der Waals surface area contributed by atoms with Crippen molar-refractivity contribution in [2.75, 3.05) is 5.73 Å². The van der Waals surface area contributed by atoms with E-state index in [9.17, 15) is 9.18 Å². The van der Waals surface area contributed by atoms with E-state index in [1.54, 1.807) is 34.5 Å². The first-order valence-corrected chi connectivity index (χ1v) is 8.21. The van der Waals surface area contributed by atoms with Gasteiger partial charge in [0.05, 0.1) is 17.1 Å². The number of nitrogen functional groups attached to an aromatic ring is 1. The second-order valence-corrected chi connectivity index (χ2v) is 6.43. The topological polar surface area (TPSA) is 51.9 Å². The van der Waals surface area contributed by atoms with Crippen molar-refractivity contribution in [3.05, 3.63) is 70.1 Å². The van der Waals surface area contributed by atoms with Gasteiger partial charge in [-0.3, -0.25) is 10.5 Å². The van der Waals surface area contributed by atoms with Crippen LogP contribution in [0.2, 0.25) is 10.0 Å². The minimum atomic E-state index is -0.384. The summed E-state index contributed by atoms with van der Waals surface area (Å²) >= 11 is 12.0.